The summed E-state index contributed by atoms with van der Waals surface area (Å²) in [6.45, 7) is 10.4. The van der Waals surface area contributed by atoms with Crippen LogP contribution in [0, 0.1) is 5.92 Å². The first kappa shape index (κ1) is 14.0. The van der Waals surface area contributed by atoms with Crippen molar-refractivity contribution in [3.05, 3.63) is 0 Å². The molecule has 1 aliphatic rings. The van der Waals surface area contributed by atoms with E-state index in [9.17, 15) is 9.59 Å². The van der Waals surface area contributed by atoms with Crippen molar-refractivity contribution in [3.8, 4) is 0 Å². The Morgan fingerprint density at radius 2 is 1.94 bits per heavy atom. The van der Waals surface area contributed by atoms with Gasteiger partial charge in [-0.15, -0.1) is 0 Å². The lowest BCUT2D eigenvalue weighted by molar-refractivity contribution is -0.154. The van der Waals surface area contributed by atoms with Gasteiger partial charge in [0.15, 0.2) is 0 Å². The molecular formula is C13H24N2O2. The number of amides is 2. The molecule has 1 aliphatic heterocycles. The van der Waals surface area contributed by atoms with Gasteiger partial charge >= 0.3 is 0 Å². The van der Waals surface area contributed by atoms with Gasteiger partial charge in [0, 0.05) is 6.54 Å². The standard InChI is InChI=1S/C13H24N2O2/c1-6-9(3)8-15-10(7-2)11(16)14-13(4,5)12(15)17/h9-10H,6-8H2,1-5H3,(H,14,16). The number of nitrogens with zero attached hydrogens (tertiary/aromatic N) is 1. The summed E-state index contributed by atoms with van der Waals surface area (Å²) in [5.41, 5.74) is -0.768. The van der Waals surface area contributed by atoms with Crippen LogP contribution in [0.1, 0.15) is 47.5 Å². The van der Waals surface area contributed by atoms with Crippen LogP contribution in [-0.4, -0.2) is 34.8 Å². The van der Waals surface area contributed by atoms with Gasteiger partial charge in [-0.2, -0.15) is 0 Å². The molecule has 4 nitrogen and oxygen atoms in total. The van der Waals surface area contributed by atoms with E-state index in [4.69, 9.17) is 0 Å². The molecule has 17 heavy (non-hydrogen) atoms. The van der Waals surface area contributed by atoms with Crippen molar-refractivity contribution in [1.29, 1.82) is 0 Å². The Hall–Kier alpha value is -1.06. The highest BCUT2D eigenvalue weighted by atomic mass is 16.2. The Morgan fingerprint density at radius 1 is 1.35 bits per heavy atom. The summed E-state index contributed by atoms with van der Waals surface area (Å²) in [4.78, 5) is 26.0. The molecule has 0 aromatic carbocycles. The smallest absolute Gasteiger partial charge is 0.248 e. The van der Waals surface area contributed by atoms with E-state index in [2.05, 4.69) is 19.2 Å². The van der Waals surface area contributed by atoms with E-state index >= 15 is 0 Å². The molecule has 98 valence electrons. The summed E-state index contributed by atoms with van der Waals surface area (Å²) in [5, 5.41) is 2.80. The topological polar surface area (TPSA) is 49.4 Å². The highest BCUT2D eigenvalue weighted by molar-refractivity contribution is 5.99. The van der Waals surface area contributed by atoms with Crippen LogP contribution in [0.15, 0.2) is 0 Å². The first-order chi connectivity index (χ1) is 7.83. The van der Waals surface area contributed by atoms with E-state index in [0.717, 1.165) is 6.42 Å². The number of hydrogen-bond acceptors (Lipinski definition) is 2. The molecule has 1 rings (SSSR count). The fourth-order valence-electron chi connectivity index (χ4n) is 2.17. The minimum Gasteiger partial charge on any atom is -0.340 e. The molecule has 0 aromatic heterocycles. The summed E-state index contributed by atoms with van der Waals surface area (Å²) in [6, 6.07) is -0.301. The molecule has 1 heterocycles. The molecule has 0 bridgehead atoms. The van der Waals surface area contributed by atoms with E-state index < -0.39 is 5.54 Å². The second-order valence-corrected chi connectivity index (χ2v) is 5.51. The van der Waals surface area contributed by atoms with Gasteiger partial charge in [0.25, 0.3) is 0 Å². The molecule has 4 heteroatoms. The predicted molar refractivity (Wildman–Crippen MR) is 67.5 cm³/mol. The summed E-state index contributed by atoms with van der Waals surface area (Å²) in [5.74, 6) is 0.430. The maximum absolute atomic E-state index is 12.3. The third kappa shape index (κ3) is 2.79. The highest BCUT2D eigenvalue weighted by Crippen LogP contribution is 2.21. The number of hydrogen-bond donors (Lipinski definition) is 1. The van der Waals surface area contributed by atoms with Crippen LogP contribution in [0.5, 0.6) is 0 Å². The molecule has 0 spiro atoms. The largest absolute Gasteiger partial charge is 0.340 e. The van der Waals surface area contributed by atoms with E-state index in [1.165, 1.54) is 0 Å². The second kappa shape index (κ2) is 5.07. The quantitative estimate of drug-likeness (QED) is 0.810. The van der Waals surface area contributed by atoms with Crippen LogP contribution in [-0.2, 0) is 9.59 Å². The fourth-order valence-corrected chi connectivity index (χ4v) is 2.17. The van der Waals surface area contributed by atoms with Gasteiger partial charge in [0.2, 0.25) is 11.8 Å². The molecule has 1 fully saturated rings. The van der Waals surface area contributed by atoms with Gasteiger partial charge < -0.3 is 10.2 Å². The summed E-state index contributed by atoms with van der Waals surface area (Å²) < 4.78 is 0. The molecule has 0 saturated carbocycles. The lowest BCUT2D eigenvalue weighted by Crippen LogP contribution is -2.68. The van der Waals surface area contributed by atoms with Gasteiger partial charge in [0.05, 0.1) is 0 Å². The molecule has 2 atom stereocenters. The third-order valence-electron chi connectivity index (χ3n) is 3.50. The van der Waals surface area contributed by atoms with E-state index in [0.29, 0.717) is 18.9 Å². The number of carbonyl (C=O) groups excluding carboxylic acids is 2. The Morgan fingerprint density at radius 3 is 2.41 bits per heavy atom. The van der Waals surface area contributed by atoms with Crippen molar-refractivity contribution in [3.63, 3.8) is 0 Å². The van der Waals surface area contributed by atoms with Gasteiger partial charge in [-0.1, -0.05) is 27.2 Å². The van der Waals surface area contributed by atoms with Gasteiger partial charge in [0.1, 0.15) is 11.6 Å². The fraction of sp³-hybridized carbons (Fsp3) is 0.846. The molecular weight excluding hydrogens is 216 g/mol. The van der Waals surface area contributed by atoms with Crippen LogP contribution in [0.3, 0.4) is 0 Å². The summed E-state index contributed by atoms with van der Waals surface area (Å²) >= 11 is 0. The van der Waals surface area contributed by atoms with Crippen molar-refractivity contribution in [2.75, 3.05) is 6.54 Å². The van der Waals surface area contributed by atoms with Crippen LogP contribution >= 0.6 is 0 Å². The van der Waals surface area contributed by atoms with Gasteiger partial charge in [-0.05, 0) is 26.2 Å². The zero-order valence-electron chi connectivity index (χ0n) is 11.5. The number of nitrogens with one attached hydrogen (secondary N) is 1. The predicted octanol–water partition coefficient (Wildman–Crippen LogP) is 1.55. The highest BCUT2D eigenvalue weighted by Gasteiger charge is 2.44. The first-order valence-electron chi connectivity index (χ1n) is 6.46. The lowest BCUT2D eigenvalue weighted by atomic mass is 9.94. The zero-order valence-corrected chi connectivity index (χ0v) is 11.5. The molecule has 1 N–H and O–H groups in total. The van der Waals surface area contributed by atoms with Crippen molar-refractivity contribution in [1.82, 2.24) is 10.2 Å². The van der Waals surface area contributed by atoms with Crippen LogP contribution < -0.4 is 5.32 Å². The Kier molecular flexibility index (Phi) is 4.17. The maximum atomic E-state index is 12.3. The summed E-state index contributed by atoms with van der Waals surface area (Å²) in [6.07, 6.45) is 1.69. The van der Waals surface area contributed by atoms with E-state index in [-0.39, 0.29) is 17.9 Å². The van der Waals surface area contributed by atoms with Crippen molar-refractivity contribution in [2.45, 2.75) is 59.0 Å². The Labute approximate surface area is 104 Å². The minimum absolute atomic E-state index is 0.0274. The molecule has 2 unspecified atom stereocenters. The minimum atomic E-state index is -0.768. The zero-order chi connectivity index (χ0) is 13.2. The van der Waals surface area contributed by atoms with Crippen LogP contribution in [0.4, 0.5) is 0 Å². The van der Waals surface area contributed by atoms with E-state index in [1.54, 1.807) is 18.7 Å². The van der Waals surface area contributed by atoms with Gasteiger partial charge in [-0.3, -0.25) is 9.59 Å². The average molecular weight is 240 g/mol. The SMILES string of the molecule is CCC(C)CN1C(=O)C(C)(C)NC(=O)C1CC. The molecule has 0 aromatic rings. The molecule has 2 amide bonds. The third-order valence-corrected chi connectivity index (χ3v) is 3.50. The lowest BCUT2D eigenvalue weighted by Gasteiger charge is -2.43. The maximum Gasteiger partial charge on any atom is 0.248 e. The average Bonchev–Trinajstić information content (AvgIpc) is 2.25. The van der Waals surface area contributed by atoms with Gasteiger partial charge in [-0.25, -0.2) is 0 Å². The normalized spacial score (nSPS) is 25.7. The van der Waals surface area contributed by atoms with Crippen molar-refractivity contribution < 1.29 is 9.59 Å². The first-order valence-corrected chi connectivity index (χ1v) is 6.46. The van der Waals surface area contributed by atoms with Crippen LogP contribution in [0.25, 0.3) is 0 Å². The van der Waals surface area contributed by atoms with Crippen molar-refractivity contribution in [2.24, 2.45) is 5.92 Å². The monoisotopic (exact) mass is 240 g/mol. The number of piperazine rings is 1. The number of rotatable bonds is 4. The Balaban J connectivity index is 2.93. The van der Waals surface area contributed by atoms with Crippen LogP contribution in [0.2, 0.25) is 0 Å². The molecule has 0 aliphatic carbocycles. The molecule has 1 saturated heterocycles. The molecule has 0 radical (unpaired) electrons. The second-order valence-electron chi connectivity index (χ2n) is 5.51. The summed E-state index contributed by atoms with van der Waals surface area (Å²) in [7, 11) is 0. The van der Waals surface area contributed by atoms with E-state index in [1.807, 2.05) is 6.92 Å². The number of carbonyl (C=O) groups is 2. The van der Waals surface area contributed by atoms with Crippen molar-refractivity contribution >= 4 is 11.8 Å². The Bertz CT molecular complexity index is 313.